The molecule has 4 heterocycles. The second-order valence-electron chi connectivity index (χ2n) is 10.7. The largest absolute Gasteiger partial charge is 0.471 e. The van der Waals surface area contributed by atoms with E-state index < -0.39 is 24.0 Å². The van der Waals surface area contributed by atoms with Crippen LogP contribution in [0.3, 0.4) is 0 Å². The third kappa shape index (κ3) is 5.46. The average molecular weight is 551 g/mol. The van der Waals surface area contributed by atoms with Crippen molar-refractivity contribution in [1.29, 1.82) is 0 Å². The second-order valence-corrected chi connectivity index (χ2v) is 10.7. The summed E-state index contributed by atoms with van der Waals surface area (Å²) in [7, 11) is 1.85. The summed E-state index contributed by atoms with van der Waals surface area (Å²) in [5.41, 5.74) is 2.63. The van der Waals surface area contributed by atoms with Crippen molar-refractivity contribution in [3.63, 3.8) is 0 Å². The van der Waals surface area contributed by atoms with Crippen molar-refractivity contribution < 1.29 is 32.7 Å². The predicted molar refractivity (Wildman–Crippen MR) is 136 cm³/mol. The van der Waals surface area contributed by atoms with Crippen LogP contribution in [0.1, 0.15) is 37.3 Å². The number of aromatic nitrogens is 2. The van der Waals surface area contributed by atoms with E-state index in [1.807, 2.05) is 30.1 Å². The molecule has 212 valence electrons. The Hall–Kier alpha value is -3.19. The molecule has 1 aromatic carbocycles. The Balaban J connectivity index is 1.24. The van der Waals surface area contributed by atoms with Gasteiger partial charge in [-0.15, -0.1) is 0 Å². The molecule has 2 N–H and O–H groups in total. The van der Waals surface area contributed by atoms with Gasteiger partial charge in [-0.3, -0.25) is 29.3 Å². The van der Waals surface area contributed by atoms with Gasteiger partial charge in [0.05, 0.1) is 35.5 Å². The van der Waals surface area contributed by atoms with Gasteiger partial charge in [0, 0.05) is 58.1 Å². The number of aliphatic hydroxyl groups excluding tert-OH is 1. The molecule has 13 heteroatoms. The van der Waals surface area contributed by atoms with Crippen LogP contribution in [0.2, 0.25) is 0 Å². The minimum absolute atomic E-state index is 0.00825. The molecule has 3 fully saturated rings. The van der Waals surface area contributed by atoms with E-state index in [1.165, 1.54) is 0 Å². The molecule has 0 spiro atoms. The summed E-state index contributed by atoms with van der Waals surface area (Å²) in [5, 5.41) is 17.8. The first kappa shape index (κ1) is 27.4. The third-order valence-corrected chi connectivity index (χ3v) is 8.23. The standard InChI is InChI=1S/C26H33F3N6O4/c1-32-23-18(22(31-32)19-5-6-21(37)30-24(19)38)3-2-4-20(23)33-9-7-16(8-10-33)13-34-11-12-35(14-17(34)15-36)25(39)26(27,28)29/h2-4,16-17,19,36H,5-15H2,1H3,(H,30,37,38)/t17-,19?/m0/s1. The Labute approximate surface area is 223 Å². The van der Waals surface area contributed by atoms with Crippen LogP contribution in [0.15, 0.2) is 18.2 Å². The van der Waals surface area contributed by atoms with E-state index in [9.17, 15) is 32.7 Å². The molecule has 3 amide bonds. The summed E-state index contributed by atoms with van der Waals surface area (Å²) >= 11 is 0. The molecule has 3 aliphatic rings. The highest BCUT2D eigenvalue weighted by molar-refractivity contribution is 6.03. The number of piperazine rings is 1. The number of amides is 3. The highest BCUT2D eigenvalue weighted by atomic mass is 19.4. The summed E-state index contributed by atoms with van der Waals surface area (Å²) < 4.78 is 40.4. The average Bonchev–Trinajstić information content (AvgIpc) is 3.24. The van der Waals surface area contributed by atoms with Crippen LogP contribution in [0, 0.1) is 5.92 Å². The van der Waals surface area contributed by atoms with E-state index in [1.54, 1.807) is 4.68 Å². The minimum atomic E-state index is -4.91. The maximum absolute atomic E-state index is 12.9. The zero-order chi connectivity index (χ0) is 27.9. The van der Waals surface area contributed by atoms with Crippen LogP contribution in [0.4, 0.5) is 18.9 Å². The van der Waals surface area contributed by atoms with Crippen LogP contribution in [0.5, 0.6) is 0 Å². The van der Waals surface area contributed by atoms with Crippen molar-refractivity contribution in [2.45, 2.75) is 43.8 Å². The number of anilines is 1. The number of fused-ring (bicyclic) bond motifs is 1. The lowest BCUT2D eigenvalue weighted by molar-refractivity contribution is -0.188. The highest BCUT2D eigenvalue weighted by Gasteiger charge is 2.44. The number of para-hydroxylation sites is 1. The van der Waals surface area contributed by atoms with Crippen LogP contribution in [0.25, 0.3) is 10.9 Å². The van der Waals surface area contributed by atoms with Gasteiger partial charge in [-0.25, -0.2) is 0 Å². The van der Waals surface area contributed by atoms with Crippen molar-refractivity contribution in [1.82, 2.24) is 24.9 Å². The maximum atomic E-state index is 12.9. The van der Waals surface area contributed by atoms with E-state index in [-0.39, 0.29) is 37.9 Å². The number of nitrogens with one attached hydrogen (secondary N) is 1. The number of carbonyl (C=O) groups excluding carboxylic acids is 3. The number of aliphatic hydroxyl groups is 1. The van der Waals surface area contributed by atoms with Gasteiger partial charge in [-0.2, -0.15) is 18.3 Å². The van der Waals surface area contributed by atoms with Crippen LogP contribution in [-0.2, 0) is 21.4 Å². The van der Waals surface area contributed by atoms with Gasteiger partial charge in [-0.1, -0.05) is 12.1 Å². The lowest BCUT2D eigenvalue weighted by Crippen LogP contribution is -2.59. The molecule has 0 saturated carbocycles. The monoisotopic (exact) mass is 550 g/mol. The fourth-order valence-electron chi connectivity index (χ4n) is 6.17. The van der Waals surface area contributed by atoms with Crippen molar-refractivity contribution in [3.8, 4) is 0 Å². The molecule has 3 aliphatic heterocycles. The molecular weight excluding hydrogens is 517 g/mol. The molecule has 0 radical (unpaired) electrons. The third-order valence-electron chi connectivity index (χ3n) is 8.23. The number of piperidine rings is 2. The van der Waals surface area contributed by atoms with Crippen LogP contribution < -0.4 is 10.2 Å². The van der Waals surface area contributed by atoms with Gasteiger partial charge in [0.2, 0.25) is 11.8 Å². The number of hydrogen-bond acceptors (Lipinski definition) is 7. The summed E-state index contributed by atoms with van der Waals surface area (Å²) in [5.74, 6) is -2.59. The number of benzene rings is 1. The first-order valence-corrected chi connectivity index (χ1v) is 13.3. The Morgan fingerprint density at radius 2 is 1.87 bits per heavy atom. The van der Waals surface area contributed by atoms with Crippen molar-refractivity contribution in [2.75, 3.05) is 50.8 Å². The molecule has 0 aliphatic carbocycles. The summed E-state index contributed by atoms with van der Waals surface area (Å²) in [6.45, 7) is 2.06. The van der Waals surface area contributed by atoms with Crippen LogP contribution in [-0.4, -0.2) is 101 Å². The Morgan fingerprint density at radius 3 is 2.54 bits per heavy atom. The van der Waals surface area contributed by atoms with Gasteiger partial charge < -0.3 is 14.9 Å². The normalized spacial score (nSPS) is 23.9. The van der Waals surface area contributed by atoms with E-state index in [0.29, 0.717) is 31.1 Å². The van der Waals surface area contributed by atoms with Gasteiger partial charge in [-0.05, 0) is 31.2 Å². The number of nitrogens with zero attached hydrogens (tertiary/aromatic N) is 5. The number of halogens is 3. The molecular formula is C26H33F3N6O4. The zero-order valence-electron chi connectivity index (χ0n) is 21.8. The summed E-state index contributed by atoms with van der Waals surface area (Å²) in [4.78, 5) is 40.8. The topological polar surface area (TPSA) is 111 Å². The first-order valence-electron chi connectivity index (χ1n) is 13.3. The molecule has 1 aromatic heterocycles. The summed E-state index contributed by atoms with van der Waals surface area (Å²) in [6, 6.07) is 5.43. The van der Waals surface area contributed by atoms with E-state index >= 15 is 0 Å². The number of aryl methyl sites for hydroxylation is 1. The lowest BCUT2D eigenvalue weighted by atomic mass is 9.92. The Kier molecular flexibility index (Phi) is 7.55. The van der Waals surface area contributed by atoms with Crippen molar-refractivity contribution in [3.05, 3.63) is 23.9 Å². The van der Waals surface area contributed by atoms with Gasteiger partial charge >= 0.3 is 12.1 Å². The number of carbonyl (C=O) groups is 3. The van der Waals surface area contributed by atoms with Crippen molar-refractivity contribution in [2.24, 2.45) is 13.0 Å². The number of hydrogen-bond donors (Lipinski definition) is 2. The molecule has 39 heavy (non-hydrogen) atoms. The minimum Gasteiger partial charge on any atom is -0.395 e. The number of rotatable bonds is 5. The summed E-state index contributed by atoms with van der Waals surface area (Å²) in [6.07, 6.45) is -2.46. The molecule has 0 bridgehead atoms. The van der Waals surface area contributed by atoms with Gasteiger partial charge in [0.1, 0.15) is 0 Å². The number of imide groups is 1. The second kappa shape index (κ2) is 10.8. The Morgan fingerprint density at radius 1 is 1.13 bits per heavy atom. The highest BCUT2D eigenvalue weighted by Crippen LogP contribution is 2.36. The van der Waals surface area contributed by atoms with E-state index in [2.05, 4.69) is 15.3 Å². The molecule has 10 nitrogen and oxygen atoms in total. The smallest absolute Gasteiger partial charge is 0.395 e. The maximum Gasteiger partial charge on any atom is 0.471 e. The van der Waals surface area contributed by atoms with Crippen molar-refractivity contribution >= 4 is 34.3 Å². The quantitative estimate of drug-likeness (QED) is 0.542. The fourth-order valence-corrected chi connectivity index (χ4v) is 6.17. The molecule has 2 atom stereocenters. The predicted octanol–water partition coefficient (Wildman–Crippen LogP) is 1.38. The SMILES string of the molecule is Cn1nc(C2CCC(=O)NC2=O)c2cccc(N3CCC(CN4CCN(C(=O)C(F)(F)F)C[C@H]4CO)CC3)c21. The molecule has 5 rings (SSSR count). The lowest BCUT2D eigenvalue weighted by Gasteiger charge is -2.43. The zero-order valence-corrected chi connectivity index (χ0v) is 21.8. The van der Waals surface area contributed by atoms with Crippen LogP contribution >= 0.6 is 0 Å². The molecule has 3 saturated heterocycles. The van der Waals surface area contributed by atoms with Gasteiger partial charge in [0.15, 0.2) is 0 Å². The molecule has 1 unspecified atom stereocenters. The first-order chi connectivity index (χ1) is 18.6. The van der Waals surface area contributed by atoms with E-state index in [4.69, 9.17) is 0 Å². The fraction of sp³-hybridized carbons (Fsp3) is 0.615. The molecule has 2 aromatic rings. The van der Waals surface area contributed by atoms with Gasteiger partial charge in [0.25, 0.3) is 0 Å². The van der Waals surface area contributed by atoms with E-state index in [0.717, 1.165) is 47.4 Å². The Bertz CT molecular complexity index is 1260. The number of alkyl halides is 3.